The van der Waals surface area contributed by atoms with Gasteiger partial charge in [0.05, 0.1) is 6.10 Å². The Labute approximate surface area is 117 Å². The van der Waals surface area contributed by atoms with Crippen molar-refractivity contribution in [3.8, 4) is 5.88 Å². The molecule has 18 heavy (non-hydrogen) atoms. The molecule has 0 aromatic carbocycles. The Morgan fingerprint density at radius 2 is 2.28 bits per heavy atom. The van der Waals surface area contributed by atoms with Crippen LogP contribution in [0.15, 0.2) is 12.3 Å². The van der Waals surface area contributed by atoms with Gasteiger partial charge in [-0.1, -0.05) is 15.9 Å². The molecule has 0 N–H and O–H groups in total. The second-order valence-electron chi connectivity index (χ2n) is 4.83. The number of hydrogen-bond acceptors (Lipinski definition) is 4. The molecule has 0 atom stereocenters. The Morgan fingerprint density at radius 1 is 1.50 bits per heavy atom. The Morgan fingerprint density at radius 3 is 2.83 bits per heavy atom. The molecular weight excluding hydrogens is 294 g/mol. The monoisotopic (exact) mass is 313 g/mol. The number of rotatable bonds is 6. The van der Waals surface area contributed by atoms with E-state index in [1.165, 1.54) is 19.3 Å². The smallest absolute Gasteiger partial charge is 0.228 e. The van der Waals surface area contributed by atoms with Gasteiger partial charge in [0.15, 0.2) is 0 Å². The van der Waals surface area contributed by atoms with Crippen molar-refractivity contribution in [2.45, 2.75) is 45.3 Å². The molecule has 2 rings (SSSR count). The molecule has 0 aliphatic heterocycles. The van der Waals surface area contributed by atoms with Crippen LogP contribution in [0.2, 0.25) is 0 Å². The summed E-state index contributed by atoms with van der Waals surface area (Å²) in [5.41, 5.74) is 0. The van der Waals surface area contributed by atoms with Gasteiger partial charge in [0.1, 0.15) is 0 Å². The summed E-state index contributed by atoms with van der Waals surface area (Å²) < 4.78 is 5.63. The Hall–Kier alpha value is -0.840. The maximum atomic E-state index is 5.63. The standard InChI is InChI=1S/C13H20BrN3O/c1-10(2)18-12-6-8-15-13(16-12)17(9-7-14)11-4-3-5-11/h6,8,10-11H,3-5,7,9H2,1-2H3. The quantitative estimate of drug-likeness (QED) is 0.757. The minimum atomic E-state index is 0.140. The molecule has 1 aliphatic rings. The highest BCUT2D eigenvalue weighted by atomic mass is 79.9. The number of ether oxygens (including phenoxy) is 1. The van der Waals surface area contributed by atoms with Crippen molar-refractivity contribution in [1.29, 1.82) is 0 Å². The van der Waals surface area contributed by atoms with E-state index in [-0.39, 0.29) is 6.10 Å². The van der Waals surface area contributed by atoms with Gasteiger partial charge >= 0.3 is 0 Å². The third-order valence-corrected chi connectivity index (χ3v) is 3.43. The molecule has 0 radical (unpaired) electrons. The Kier molecular flexibility index (Phi) is 4.80. The van der Waals surface area contributed by atoms with Gasteiger partial charge in [-0.2, -0.15) is 4.98 Å². The highest BCUT2D eigenvalue weighted by Crippen LogP contribution is 2.28. The number of aromatic nitrogens is 2. The lowest BCUT2D eigenvalue weighted by atomic mass is 9.92. The van der Waals surface area contributed by atoms with Crippen LogP contribution in [-0.4, -0.2) is 34.0 Å². The van der Waals surface area contributed by atoms with Crippen LogP contribution in [0.5, 0.6) is 5.88 Å². The molecule has 0 amide bonds. The highest BCUT2D eigenvalue weighted by molar-refractivity contribution is 9.09. The largest absolute Gasteiger partial charge is 0.475 e. The Balaban J connectivity index is 2.13. The normalized spacial score (nSPS) is 15.6. The van der Waals surface area contributed by atoms with E-state index in [0.717, 1.165) is 17.8 Å². The highest BCUT2D eigenvalue weighted by Gasteiger charge is 2.26. The molecule has 1 fully saturated rings. The third-order valence-electron chi connectivity index (χ3n) is 3.07. The molecule has 0 saturated heterocycles. The molecule has 5 heteroatoms. The zero-order valence-electron chi connectivity index (χ0n) is 11.0. The molecule has 0 bridgehead atoms. The van der Waals surface area contributed by atoms with Crippen LogP contribution in [0.4, 0.5) is 5.95 Å². The number of halogens is 1. The van der Waals surface area contributed by atoms with Crippen LogP contribution < -0.4 is 9.64 Å². The van der Waals surface area contributed by atoms with Crippen LogP contribution in [0.25, 0.3) is 0 Å². The first-order chi connectivity index (χ1) is 8.70. The lowest BCUT2D eigenvalue weighted by Gasteiger charge is -2.37. The van der Waals surface area contributed by atoms with Crippen molar-refractivity contribution in [2.75, 3.05) is 16.8 Å². The molecule has 0 unspecified atom stereocenters. The number of hydrogen-bond donors (Lipinski definition) is 0. The fourth-order valence-corrected chi connectivity index (χ4v) is 2.40. The molecule has 1 saturated carbocycles. The number of alkyl halides is 1. The van der Waals surface area contributed by atoms with E-state index in [0.29, 0.717) is 11.9 Å². The fourth-order valence-electron chi connectivity index (χ4n) is 2.01. The van der Waals surface area contributed by atoms with E-state index in [2.05, 4.69) is 30.8 Å². The van der Waals surface area contributed by atoms with Gasteiger partial charge in [0.25, 0.3) is 0 Å². The summed E-state index contributed by atoms with van der Waals surface area (Å²) in [7, 11) is 0. The van der Waals surface area contributed by atoms with E-state index in [1.807, 2.05) is 19.9 Å². The van der Waals surface area contributed by atoms with Gasteiger partial charge in [0.2, 0.25) is 11.8 Å². The summed E-state index contributed by atoms with van der Waals surface area (Å²) in [5, 5.41) is 0.933. The first-order valence-electron chi connectivity index (χ1n) is 6.53. The SMILES string of the molecule is CC(C)Oc1ccnc(N(CCBr)C2CCC2)n1. The Bertz CT molecular complexity index is 382. The van der Waals surface area contributed by atoms with Gasteiger partial charge in [0, 0.05) is 30.2 Å². The van der Waals surface area contributed by atoms with Crippen LogP contribution in [0, 0.1) is 0 Å². The molecule has 1 aromatic heterocycles. The summed E-state index contributed by atoms with van der Waals surface area (Å²) in [6.07, 6.45) is 5.71. The summed E-state index contributed by atoms with van der Waals surface area (Å²) in [5.74, 6) is 1.45. The second-order valence-corrected chi connectivity index (χ2v) is 5.62. The first kappa shape index (κ1) is 13.6. The zero-order valence-corrected chi connectivity index (χ0v) is 12.6. The van der Waals surface area contributed by atoms with Crippen molar-refractivity contribution in [2.24, 2.45) is 0 Å². The zero-order chi connectivity index (χ0) is 13.0. The van der Waals surface area contributed by atoms with Gasteiger partial charge in [-0.3, -0.25) is 0 Å². The van der Waals surface area contributed by atoms with E-state index < -0.39 is 0 Å². The van der Waals surface area contributed by atoms with Crippen LogP contribution in [-0.2, 0) is 0 Å². The lowest BCUT2D eigenvalue weighted by Crippen LogP contribution is -2.42. The van der Waals surface area contributed by atoms with Crippen molar-refractivity contribution in [3.05, 3.63) is 12.3 Å². The van der Waals surface area contributed by atoms with Crippen LogP contribution in [0.3, 0.4) is 0 Å². The summed E-state index contributed by atoms with van der Waals surface area (Å²) in [6, 6.07) is 2.41. The molecule has 1 aliphatic carbocycles. The maximum absolute atomic E-state index is 5.63. The number of anilines is 1. The average Bonchev–Trinajstić information content (AvgIpc) is 2.25. The van der Waals surface area contributed by atoms with E-state index in [1.54, 1.807) is 6.20 Å². The van der Waals surface area contributed by atoms with Crippen LogP contribution >= 0.6 is 15.9 Å². The topological polar surface area (TPSA) is 38.2 Å². The molecule has 1 aromatic rings. The molecule has 4 nitrogen and oxygen atoms in total. The molecular formula is C13H20BrN3O. The summed E-state index contributed by atoms with van der Waals surface area (Å²) >= 11 is 3.50. The van der Waals surface area contributed by atoms with E-state index in [9.17, 15) is 0 Å². The van der Waals surface area contributed by atoms with Gasteiger partial charge < -0.3 is 9.64 Å². The van der Waals surface area contributed by atoms with Crippen molar-refractivity contribution in [1.82, 2.24) is 9.97 Å². The fraction of sp³-hybridized carbons (Fsp3) is 0.692. The van der Waals surface area contributed by atoms with Crippen LogP contribution in [0.1, 0.15) is 33.1 Å². The average molecular weight is 314 g/mol. The predicted molar refractivity (Wildman–Crippen MR) is 76.6 cm³/mol. The van der Waals surface area contributed by atoms with Crippen molar-refractivity contribution in [3.63, 3.8) is 0 Å². The summed E-state index contributed by atoms with van der Waals surface area (Å²) in [4.78, 5) is 11.2. The minimum Gasteiger partial charge on any atom is -0.475 e. The van der Waals surface area contributed by atoms with Gasteiger partial charge in [-0.15, -0.1) is 0 Å². The predicted octanol–water partition coefficient (Wildman–Crippen LogP) is 3.02. The molecule has 0 spiro atoms. The first-order valence-corrected chi connectivity index (χ1v) is 7.65. The minimum absolute atomic E-state index is 0.140. The summed E-state index contributed by atoms with van der Waals surface area (Å²) in [6.45, 7) is 4.95. The molecule has 1 heterocycles. The third kappa shape index (κ3) is 3.34. The van der Waals surface area contributed by atoms with Gasteiger partial charge in [-0.05, 0) is 33.1 Å². The van der Waals surface area contributed by atoms with Crippen molar-refractivity contribution >= 4 is 21.9 Å². The molecule has 100 valence electrons. The van der Waals surface area contributed by atoms with E-state index in [4.69, 9.17) is 4.74 Å². The second kappa shape index (κ2) is 6.36. The van der Waals surface area contributed by atoms with E-state index >= 15 is 0 Å². The number of nitrogens with zero attached hydrogens (tertiary/aromatic N) is 3. The van der Waals surface area contributed by atoms with Crippen molar-refractivity contribution < 1.29 is 4.74 Å². The maximum Gasteiger partial charge on any atom is 0.228 e. The van der Waals surface area contributed by atoms with Gasteiger partial charge in [-0.25, -0.2) is 4.98 Å². The lowest BCUT2D eigenvalue weighted by molar-refractivity contribution is 0.232.